The summed E-state index contributed by atoms with van der Waals surface area (Å²) in [5, 5.41) is 2.81. The van der Waals surface area contributed by atoms with Crippen LogP contribution < -0.4 is 11.0 Å². The highest BCUT2D eigenvalue weighted by atomic mass is 16.5. The van der Waals surface area contributed by atoms with Crippen molar-refractivity contribution >= 4 is 5.91 Å². The van der Waals surface area contributed by atoms with E-state index in [0.717, 1.165) is 37.8 Å². The molecule has 0 bridgehead atoms. The van der Waals surface area contributed by atoms with Crippen LogP contribution in [-0.4, -0.2) is 53.2 Å². The lowest BCUT2D eigenvalue weighted by Crippen LogP contribution is -2.35. The molecule has 1 fully saturated rings. The Bertz CT molecular complexity index is 821. The molecule has 2 aromatic heterocycles. The summed E-state index contributed by atoms with van der Waals surface area (Å²) in [5.74, 6) is 0.541. The SMILES string of the molecule is Cc1cc(C)n(CCNC(=O)c2coc(CN3CCOCC3)c2)c(=O)n1. The highest BCUT2D eigenvalue weighted by Crippen LogP contribution is 2.12. The number of ether oxygens (including phenoxy) is 1. The van der Waals surface area contributed by atoms with Crippen molar-refractivity contribution in [3.8, 4) is 0 Å². The molecule has 0 aliphatic carbocycles. The summed E-state index contributed by atoms with van der Waals surface area (Å²) in [6.07, 6.45) is 1.47. The van der Waals surface area contributed by atoms with Crippen LogP contribution in [0.1, 0.15) is 27.5 Å². The molecule has 0 saturated carbocycles. The van der Waals surface area contributed by atoms with Crippen molar-refractivity contribution in [2.75, 3.05) is 32.8 Å². The molecule has 1 aliphatic rings. The molecule has 1 saturated heterocycles. The van der Waals surface area contributed by atoms with E-state index in [-0.39, 0.29) is 11.6 Å². The van der Waals surface area contributed by atoms with Crippen LogP contribution in [0.2, 0.25) is 0 Å². The van der Waals surface area contributed by atoms with Crippen molar-refractivity contribution in [3.05, 3.63) is 51.6 Å². The van der Waals surface area contributed by atoms with Gasteiger partial charge in [0.1, 0.15) is 12.0 Å². The summed E-state index contributed by atoms with van der Waals surface area (Å²) < 4.78 is 12.4. The third kappa shape index (κ3) is 4.59. The fourth-order valence-electron chi connectivity index (χ4n) is 2.99. The van der Waals surface area contributed by atoms with E-state index in [1.54, 1.807) is 17.6 Å². The maximum absolute atomic E-state index is 12.3. The largest absolute Gasteiger partial charge is 0.467 e. The lowest BCUT2D eigenvalue weighted by molar-refractivity contribution is 0.0313. The second-order valence-electron chi connectivity index (χ2n) is 6.42. The number of carbonyl (C=O) groups excluding carboxylic acids is 1. The van der Waals surface area contributed by atoms with Crippen molar-refractivity contribution in [2.45, 2.75) is 26.9 Å². The van der Waals surface area contributed by atoms with Gasteiger partial charge in [-0.15, -0.1) is 0 Å². The first-order valence-corrected chi connectivity index (χ1v) is 8.74. The number of furan rings is 1. The molecule has 140 valence electrons. The molecule has 0 radical (unpaired) electrons. The van der Waals surface area contributed by atoms with Gasteiger partial charge < -0.3 is 14.5 Å². The van der Waals surface area contributed by atoms with E-state index in [1.807, 2.05) is 13.0 Å². The predicted molar refractivity (Wildman–Crippen MR) is 95.1 cm³/mol. The van der Waals surface area contributed by atoms with Crippen molar-refractivity contribution < 1.29 is 13.9 Å². The molecule has 0 spiro atoms. The van der Waals surface area contributed by atoms with Gasteiger partial charge in [-0.2, -0.15) is 4.98 Å². The van der Waals surface area contributed by atoms with E-state index in [2.05, 4.69) is 15.2 Å². The zero-order valence-electron chi connectivity index (χ0n) is 15.2. The molecule has 0 aromatic carbocycles. The van der Waals surface area contributed by atoms with Gasteiger partial charge in [-0.05, 0) is 26.0 Å². The Hall–Kier alpha value is -2.45. The van der Waals surface area contributed by atoms with Crippen molar-refractivity contribution in [1.29, 1.82) is 0 Å². The Kier molecular flexibility index (Phi) is 5.85. The zero-order chi connectivity index (χ0) is 18.5. The normalized spacial score (nSPS) is 15.2. The average molecular weight is 360 g/mol. The molecule has 0 unspecified atom stereocenters. The summed E-state index contributed by atoms with van der Waals surface area (Å²) in [5.41, 5.74) is 1.71. The van der Waals surface area contributed by atoms with E-state index in [1.165, 1.54) is 6.26 Å². The van der Waals surface area contributed by atoms with Gasteiger partial charge in [0.2, 0.25) is 0 Å². The molecule has 1 N–H and O–H groups in total. The average Bonchev–Trinajstić information content (AvgIpc) is 3.06. The number of hydrogen-bond acceptors (Lipinski definition) is 6. The van der Waals surface area contributed by atoms with Crippen molar-refractivity contribution in [1.82, 2.24) is 19.8 Å². The van der Waals surface area contributed by atoms with Crippen LogP contribution in [0.3, 0.4) is 0 Å². The van der Waals surface area contributed by atoms with Crippen LogP contribution in [-0.2, 0) is 17.8 Å². The fourth-order valence-corrected chi connectivity index (χ4v) is 2.99. The molecule has 26 heavy (non-hydrogen) atoms. The summed E-state index contributed by atoms with van der Waals surface area (Å²) in [6.45, 7) is 8.19. The van der Waals surface area contributed by atoms with Crippen LogP contribution in [0.5, 0.6) is 0 Å². The maximum atomic E-state index is 12.3. The Morgan fingerprint density at radius 1 is 1.27 bits per heavy atom. The van der Waals surface area contributed by atoms with Crippen LogP contribution in [0.4, 0.5) is 0 Å². The second kappa shape index (κ2) is 8.29. The van der Waals surface area contributed by atoms with Crippen molar-refractivity contribution in [3.63, 3.8) is 0 Å². The van der Waals surface area contributed by atoms with Crippen LogP contribution in [0.15, 0.2) is 27.6 Å². The lowest BCUT2D eigenvalue weighted by Gasteiger charge is -2.25. The number of rotatable bonds is 6. The molecule has 3 rings (SSSR count). The fraction of sp³-hybridized carbons (Fsp3) is 0.500. The first-order chi connectivity index (χ1) is 12.5. The number of amides is 1. The number of hydrogen-bond donors (Lipinski definition) is 1. The lowest BCUT2D eigenvalue weighted by atomic mass is 10.2. The Labute approximate surface area is 151 Å². The molecule has 8 nitrogen and oxygen atoms in total. The Morgan fingerprint density at radius 2 is 2.04 bits per heavy atom. The van der Waals surface area contributed by atoms with Gasteiger partial charge in [-0.1, -0.05) is 0 Å². The first kappa shape index (κ1) is 18.3. The molecule has 8 heteroatoms. The van der Waals surface area contributed by atoms with Gasteiger partial charge in [0.15, 0.2) is 0 Å². The van der Waals surface area contributed by atoms with Gasteiger partial charge >= 0.3 is 5.69 Å². The zero-order valence-corrected chi connectivity index (χ0v) is 15.2. The minimum Gasteiger partial charge on any atom is -0.467 e. The Morgan fingerprint density at radius 3 is 2.77 bits per heavy atom. The Balaban J connectivity index is 1.52. The van der Waals surface area contributed by atoms with Crippen LogP contribution >= 0.6 is 0 Å². The van der Waals surface area contributed by atoms with Crippen molar-refractivity contribution in [2.24, 2.45) is 0 Å². The minimum absolute atomic E-state index is 0.215. The maximum Gasteiger partial charge on any atom is 0.348 e. The van der Waals surface area contributed by atoms with Gasteiger partial charge in [0.25, 0.3) is 5.91 Å². The number of carbonyl (C=O) groups is 1. The number of nitrogens with one attached hydrogen (secondary N) is 1. The van der Waals surface area contributed by atoms with Gasteiger partial charge in [-0.3, -0.25) is 14.3 Å². The third-order valence-corrected chi connectivity index (χ3v) is 4.37. The topological polar surface area (TPSA) is 89.6 Å². The van der Waals surface area contributed by atoms with Gasteiger partial charge in [0.05, 0.1) is 25.3 Å². The van der Waals surface area contributed by atoms with E-state index in [4.69, 9.17) is 9.15 Å². The monoisotopic (exact) mass is 360 g/mol. The molecule has 1 amide bonds. The number of nitrogens with zero attached hydrogens (tertiary/aromatic N) is 3. The van der Waals surface area contributed by atoms with Gasteiger partial charge in [-0.25, -0.2) is 4.79 Å². The minimum atomic E-state index is -0.298. The molecule has 2 aromatic rings. The number of morpholine rings is 1. The molecular formula is C18H24N4O4. The van der Waals surface area contributed by atoms with Crippen LogP contribution in [0, 0.1) is 13.8 Å². The summed E-state index contributed by atoms with van der Waals surface area (Å²) in [7, 11) is 0. The highest BCUT2D eigenvalue weighted by molar-refractivity contribution is 5.93. The van der Waals surface area contributed by atoms with E-state index in [9.17, 15) is 9.59 Å². The number of aryl methyl sites for hydroxylation is 2. The molecule has 0 atom stereocenters. The third-order valence-electron chi connectivity index (χ3n) is 4.37. The smallest absolute Gasteiger partial charge is 0.348 e. The second-order valence-corrected chi connectivity index (χ2v) is 6.42. The predicted octanol–water partition coefficient (Wildman–Crippen LogP) is 0.715. The summed E-state index contributed by atoms with van der Waals surface area (Å²) >= 11 is 0. The first-order valence-electron chi connectivity index (χ1n) is 8.74. The van der Waals surface area contributed by atoms with E-state index >= 15 is 0 Å². The van der Waals surface area contributed by atoms with E-state index < -0.39 is 0 Å². The van der Waals surface area contributed by atoms with E-state index in [0.29, 0.717) is 30.9 Å². The quantitative estimate of drug-likeness (QED) is 0.816. The van der Waals surface area contributed by atoms with Gasteiger partial charge in [0, 0.05) is 37.6 Å². The highest BCUT2D eigenvalue weighted by Gasteiger charge is 2.15. The summed E-state index contributed by atoms with van der Waals surface area (Å²) in [6, 6.07) is 3.60. The molecular weight excluding hydrogens is 336 g/mol. The molecule has 3 heterocycles. The molecule has 1 aliphatic heterocycles. The van der Waals surface area contributed by atoms with Crippen LogP contribution in [0.25, 0.3) is 0 Å². The summed E-state index contributed by atoms with van der Waals surface area (Å²) in [4.78, 5) is 30.3. The standard InChI is InChI=1S/C18H24N4O4/c1-13-9-14(2)22(18(24)20-13)4-3-19-17(23)15-10-16(26-12-15)11-21-5-7-25-8-6-21/h9-10,12H,3-8,11H2,1-2H3,(H,19,23). The number of aromatic nitrogens is 2.